The van der Waals surface area contributed by atoms with Crippen LogP contribution in [-0.2, 0) is 10.0 Å². The number of hydrogen-bond donors (Lipinski definition) is 2. The number of anilines is 1. The Morgan fingerprint density at radius 1 is 1.30 bits per heavy atom. The summed E-state index contributed by atoms with van der Waals surface area (Å²) < 4.78 is 27.8. The van der Waals surface area contributed by atoms with Crippen LogP contribution in [0.3, 0.4) is 0 Å². The highest BCUT2D eigenvalue weighted by molar-refractivity contribution is 7.89. The van der Waals surface area contributed by atoms with Gasteiger partial charge in [-0.2, -0.15) is 0 Å². The highest BCUT2D eigenvalue weighted by atomic mass is 32.2. The van der Waals surface area contributed by atoms with E-state index in [0.29, 0.717) is 17.8 Å². The van der Waals surface area contributed by atoms with Gasteiger partial charge in [0.1, 0.15) is 0 Å². The van der Waals surface area contributed by atoms with Crippen molar-refractivity contribution < 1.29 is 8.42 Å². The van der Waals surface area contributed by atoms with E-state index in [1.807, 2.05) is 32.8 Å². The van der Waals surface area contributed by atoms with E-state index in [4.69, 9.17) is 5.73 Å². The molecule has 3 N–H and O–H groups in total. The summed E-state index contributed by atoms with van der Waals surface area (Å²) in [6.07, 6.45) is 0. The zero-order valence-corrected chi connectivity index (χ0v) is 13.7. The van der Waals surface area contributed by atoms with Crippen molar-refractivity contribution in [3.05, 3.63) is 23.8 Å². The van der Waals surface area contributed by atoms with Gasteiger partial charge in [-0.1, -0.05) is 19.9 Å². The lowest BCUT2D eigenvalue weighted by Gasteiger charge is -2.25. The molecular formula is C14H25N3O2S. The number of nitrogens with one attached hydrogen (secondary N) is 1. The summed E-state index contributed by atoms with van der Waals surface area (Å²) in [6.45, 7) is 6.42. The Hall–Kier alpha value is -1.11. The van der Waals surface area contributed by atoms with Gasteiger partial charge in [0.2, 0.25) is 10.0 Å². The van der Waals surface area contributed by atoms with Crippen molar-refractivity contribution in [3.8, 4) is 0 Å². The lowest BCUT2D eigenvalue weighted by atomic mass is 10.1. The van der Waals surface area contributed by atoms with Gasteiger partial charge in [0.05, 0.1) is 4.90 Å². The Kier molecular flexibility index (Phi) is 5.56. The third-order valence-electron chi connectivity index (χ3n) is 3.17. The summed E-state index contributed by atoms with van der Waals surface area (Å²) in [5.41, 5.74) is 6.84. The molecule has 0 bridgehead atoms. The fourth-order valence-electron chi connectivity index (χ4n) is 1.95. The number of aryl methyl sites for hydroxylation is 1. The summed E-state index contributed by atoms with van der Waals surface area (Å²) >= 11 is 0. The Labute approximate surface area is 122 Å². The van der Waals surface area contributed by atoms with Crippen molar-refractivity contribution in [2.24, 2.45) is 5.92 Å². The van der Waals surface area contributed by atoms with E-state index in [1.165, 1.54) is 6.07 Å². The van der Waals surface area contributed by atoms with Crippen molar-refractivity contribution in [2.45, 2.75) is 31.7 Å². The van der Waals surface area contributed by atoms with Crippen molar-refractivity contribution in [2.75, 3.05) is 26.4 Å². The molecule has 0 fully saturated rings. The molecule has 0 spiro atoms. The molecule has 1 unspecified atom stereocenters. The highest BCUT2D eigenvalue weighted by Crippen LogP contribution is 2.19. The maximum atomic E-state index is 12.5. The predicted molar refractivity (Wildman–Crippen MR) is 83.1 cm³/mol. The second kappa shape index (κ2) is 6.56. The van der Waals surface area contributed by atoms with Crippen LogP contribution in [-0.4, -0.2) is 40.0 Å². The first-order valence-electron chi connectivity index (χ1n) is 6.66. The second-order valence-corrected chi connectivity index (χ2v) is 7.44. The van der Waals surface area contributed by atoms with Crippen LogP contribution in [0.5, 0.6) is 0 Å². The molecule has 5 nitrogen and oxygen atoms in total. The van der Waals surface area contributed by atoms with Crippen LogP contribution in [0.1, 0.15) is 19.4 Å². The van der Waals surface area contributed by atoms with Gasteiger partial charge < -0.3 is 10.6 Å². The number of likely N-dealkylation sites (N-methyl/N-ethyl adjacent to an activating group) is 1. The fraction of sp³-hybridized carbons (Fsp3) is 0.571. The zero-order valence-electron chi connectivity index (χ0n) is 12.8. The van der Waals surface area contributed by atoms with E-state index >= 15 is 0 Å². The molecule has 0 saturated heterocycles. The standard InChI is InChI=1S/C14H25N3O2S/c1-10(2)13(9-17(4)5)16-20(18,19)14-8-12(15)7-6-11(14)3/h6-8,10,13,16H,9,15H2,1-5H3. The van der Waals surface area contributed by atoms with E-state index in [1.54, 1.807) is 19.1 Å². The SMILES string of the molecule is Cc1ccc(N)cc1S(=O)(=O)NC(CN(C)C)C(C)C. The summed E-state index contributed by atoms with van der Waals surface area (Å²) in [7, 11) is 0.292. The van der Waals surface area contributed by atoms with Gasteiger partial charge in [-0.05, 0) is 44.6 Å². The molecule has 0 saturated carbocycles. The molecule has 0 aliphatic rings. The maximum Gasteiger partial charge on any atom is 0.241 e. The summed E-state index contributed by atoms with van der Waals surface area (Å²) in [5.74, 6) is 0.202. The highest BCUT2D eigenvalue weighted by Gasteiger charge is 2.24. The molecule has 1 atom stereocenters. The molecule has 1 aromatic carbocycles. The minimum Gasteiger partial charge on any atom is -0.399 e. The Bertz CT molecular complexity index is 554. The van der Waals surface area contributed by atoms with Crippen LogP contribution in [0.4, 0.5) is 5.69 Å². The van der Waals surface area contributed by atoms with Gasteiger partial charge in [-0.25, -0.2) is 13.1 Å². The molecule has 0 aromatic heterocycles. The normalized spacial score (nSPS) is 13.9. The first kappa shape index (κ1) is 16.9. The molecule has 114 valence electrons. The zero-order chi connectivity index (χ0) is 15.5. The van der Waals surface area contributed by atoms with Crippen molar-refractivity contribution in [3.63, 3.8) is 0 Å². The lowest BCUT2D eigenvalue weighted by molar-refractivity contribution is 0.314. The molecule has 0 aliphatic carbocycles. The van der Waals surface area contributed by atoms with E-state index in [-0.39, 0.29) is 16.9 Å². The van der Waals surface area contributed by atoms with E-state index < -0.39 is 10.0 Å². The van der Waals surface area contributed by atoms with Gasteiger partial charge in [0.25, 0.3) is 0 Å². The van der Waals surface area contributed by atoms with E-state index in [9.17, 15) is 8.42 Å². The average Bonchev–Trinajstić information content (AvgIpc) is 2.30. The number of nitrogens with two attached hydrogens (primary N) is 1. The topological polar surface area (TPSA) is 75.4 Å². The summed E-state index contributed by atoms with van der Waals surface area (Å²) in [4.78, 5) is 2.22. The largest absolute Gasteiger partial charge is 0.399 e. The molecule has 0 heterocycles. The molecule has 0 radical (unpaired) electrons. The quantitative estimate of drug-likeness (QED) is 0.779. The number of nitrogen functional groups attached to an aromatic ring is 1. The Morgan fingerprint density at radius 2 is 1.90 bits per heavy atom. The van der Waals surface area contributed by atoms with E-state index in [2.05, 4.69) is 4.72 Å². The summed E-state index contributed by atoms with van der Waals surface area (Å²) in [6, 6.07) is 4.79. The minimum absolute atomic E-state index is 0.143. The summed E-state index contributed by atoms with van der Waals surface area (Å²) in [5, 5.41) is 0. The molecule has 6 heteroatoms. The van der Waals surface area contributed by atoms with Crippen LogP contribution in [0, 0.1) is 12.8 Å². The van der Waals surface area contributed by atoms with Crippen LogP contribution in [0.25, 0.3) is 0 Å². The van der Waals surface area contributed by atoms with E-state index in [0.717, 1.165) is 0 Å². The molecule has 1 aromatic rings. The van der Waals surface area contributed by atoms with Crippen LogP contribution >= 0.6 is 0 Å². The van der Waals surface area contributed by atoms with Gasteiger partial charge in [-0.3, -0.25) is 0 Å². The maximum absolute atomic E-state index is 12.5. The van der Waals surface area contributed by atoms with Crippen LogP contribution < -0.4 is 10.5 Å². The fourth-order valence-corrected chi connectivity index (χ4v) is 3.60. The van der Waals surface area contributed by atoms with Gasteiger partial charge in [0, 0.05) is 18.3 Å². The molecule has 0 aliphatic heterocycles. The number of nitrogens with zero attached hydrogens (tertiary/aromatic N) is 1. The predicted octanol–water partition coefficient (Wildman–Crippen LogP) is 1.44. The molecular weight excluding hydrogens is 274 g/mol. The lowest BCUT2D eigenvalue weighted by Crippen LogP contribution is -2.45. The second-order valence-electron chi connectivity index (χ2n) is 5.76. The Balaban J connectivity index is 3.06. The smallest absolute Gasteiger partial charge is 0.241 e. The first-order chi connectivity index (χ1) is 9.13. The van der Waals surface area contributed by atoms with Crippen LogP contribution in [0.2, 0.25) is 0 Å². The minimum atomic E-state index is -3.56. The monoisotopic (exact) mass is 299 g/mol. The van der Waals surface area contributed by atoms with Gasteiger partial charge in [-0.15, -0.1) is 0 Å². The molecule has 20 heavy (non-hydrogen) atoms. The third-order valence-corrected chi connectivity index (χ3v) is 4.81. The Morgan fingerprint density at radius 3 is 2.40 bits per heavy atom. The number of sulfonamides is 1. The van der Waals surface area contributed by atoms with Crippen molar-refractivity contribution >= 4 is 15.7 Å². The van der Waals surface area contributed by atoms with Gasteiger partial charge >= 0.3 is 0 Å². The van der Waals surface area contributed by atoms with Crippen molar-refractivity contribution in [1.29, 1.82) is 0 Å². The number of benzene rings is 1. The first-order valence-corrected chi connectivity index (χ1v) is 8.15. The van der Waals surface area contributed by atoms with Crippen LogP contribution in [0.15, 0.2) is 23.1 Å². The third kappa shape index (κ3) is 4.47. The molecule has 0 amide bonds. The molecule has 1 rings (SSSR count). The number of hydrogen-bond acceptors (Lipinski definition) is 4. The average molecular weight is 299 g/mol. The van der Waals surface area contributed by atoms with Gasteiger partial charge in [0.15, 0.2) is 0 Å². The number of rotatable bonds is 6. The van der Waals surface area contributed by atoms with Crippen molar-refractivity contribution in [1.82, 2.24) is 9.62 Å².